The van der Waals surface area contributed by atoms with Crippen LogP contribution in [-0.2, 0) is 19.1 Å². The summed E-state index contributed by atoms with van der Waals surface area (Å²) >= 11 is 0. The highest BCUT2D eigenvalue weighted by atomic mass is 16.6. The van der Waals surface area contributed by atoms with Crippen LogP contribution in [0.1, 0.15) is 142 Å². The highest BCUT2D eigenvalue weighted by Crippen LogP contribution is 2.21. The van der Waals surface area contributed by atoms with Crippen molar-refractivity contribution in [1.29, 1.82) is 0 Å². The minimum absolute atomic E-state index is 0.200. The Balaban J connectivity index is 2.09. The van der Waals surface area contributed by atoms with E-state index in [0.717, 1.165) is 38.5 Å². The zero-order valence-corrected chi connectivity index (χ0v) is 19.9. The molecule has 176 valence electrons. The number of cyclic esters (lactones) is 2. The second-order valence-electron chi connectivity index (χ2n) is 9.16. The van der Waals surface area contributed by atoms with Gasteiger partial charge in [0, 0.05) is 0 Å². The van der Waals surface area contributed by atoms with Crippen molar-refractivity contribution in [3.05, 3.63) is 0 Å². The topological polar surface area (TPSA) is 52.6 Å². The number of esters is 2. The Morgan fingerprint density at radius 2 is 0.833 bits per heavy atom. The SMILES string of the molecule is CCCCCCCCCCCCCC1CC(=O)O[C@H](CCCCCCC)CC(=O)O1. The number of ether oxygens (including phenoxy) is 2. The summed E-state index contributed by atoms with van der Waals surface area (Å²) in [4.78, 5) is 24.4. The van der Waals surface area contributed by atoms with E-state index in [4.69, 9.17) is 9.47 Å². The molecule has 1 fully saturated rings. The molecule has 0 spiro atoms. The third kappa shape index (κ3) is 14.8. The molecule has 0 radical (unpaired) electrons. The molecule has 4 heteroatoms. The van der Waals surface area contributed by atoms with Crippen LogP contribution in [0.4, 0.5) is 0 Å². The van der Waals surface area contributed by atoms with Crippen LogP contribution in [0.15, 0.2) is 0 Å². The van der Waals surface area contributed by atoms with Crippen LogP contribution in [0.25, 0.3) is 0 Å². The first-order valence-electron chi connectivity index (χ1n) is 13.0. The molecule has 1 aliphatic rings. The van der Waals surface area contributed by atoms with Gasteiger partial charge in [0.2, 0.25) is 0 Å². The normalized spacial score (nSPS) is 19.8. The van der Waals surface area contributed by atoms with E-state index in [1.165, 1.54) is 77.0 Å². The van der Waals surface area contributed by atoms with Gasteiger partial charge in [-0.25, -0.2) is 0 Å². The number of carbonyl (C=O) groups excluding carboxylic acids is 2. The van der Waals surface area contributed by atoms with Crippen molar-refractivity contribution in [3.63, 3.8) is 0 Å². The molecule has 2 atom stereocenters. The molecule has 0 saturated carbocycles. The zero-order chi connectivity index (χ0) is 21.9. The van der Waals surface area contributed by atoms with E-state index in [1.54, 1.807) is 0 Å². The maximum Gasteiger partial charge on any atom is 0.309 e. The Labute approximate surface area is 185 Å². The maximum absolute atomic E-state index is 12.2. The average Bonchev–Trinajstić information content (AvgIpc) is 2.70. The summed E-state index contributed by atoms with van der Waals surface area (Å²) < 4.78 is 11.2. The summed E-state index contributed by atoms with van der Waals surface area (Å²) in [5.74, 6) is -0.400. The second-order valence-corrected chi connectivity index (χ2v) is 9.16. The molecule has 1 saturated heterocycles. The summed E-state index contributed by atoms with van der Waals surface area (Å²) in [7, 11) is 0. The van der Waals surface area contributed by atoms with Gasteiger partial charge in [0.05, 0.1) is 12.8 Å². The van der Waals surface area contributed by atoms with Gasteiger partial charge in [-0.05, 0) is 25.7 Å². The third-order valence-corrected chi connectivity index (χ3v) is 6.14. The summed E-state index contributed by atoms with van der Waals surface area (Å²) in [6, 6.07) is 0. The summed E-state index contributed by atoms with van der Waals surface area (Å²) in [5, 5.41) is 0. The van der Waals surface area contributed by atoms with Gasteiger partial charge in [-0.1, -0.05) is 104 Å². The van der Waals surface area contributed by atoms with Gasteiger partial charge in [-0.3, -0.25) is 9.59 Å². The van der Waals surface area contributed by atoms with E-state index in [-0.39, 0.29) is 37.0 Å². The fourth-order valence-corrected chi connectivity index (χ4v) is 4.26. The van der Waals surface area contributed by atoms with Gasteiger partial charge in [0.15, 0.2) is 0 Å². The molecule has 0 bridgehead atoms. The summed E-state index contributed by atoms with van der Waals surface area (Å²) in [6.07, 6.45) is 21.4. The van der Waals surface area contributed by atoms with Crippen LogP contribution in [0.2, 0.25) is 0 Å². The largest absolute Gasteiger partial charge is 0.462 e. The lowest BCUT2D eigenvalue weighted by atomic mass is 10.0. The van der Waals surface area contributed by atoms with E-state index in [9.17, 15) is 9.59 Å². The number of unbranched alkanes of at least 4 members (excludes halogenated alkanes) is 14. The Morgan fingerprint density at radius 3 is 1.17 bits per heavy atom. The van der Waals surface area contributed by atoms with Crippen molar-refractivity contribution in [2.75, 3.05) is 0 Å². The maximum atomic E-state index is 12.2. The number of hydrogen-bond acceptors (Lipinski definition) is 4. The monoisotopic (exact) mass is 424 g/mol. The van der Waals surface area contributed by atoms with Gasteiger partial charge in [0.1, 0.15) is 12.2 Å². The highest BCUT2D eigenvalue weighted by molar-refractivity contribution is 5.75. The molecule has 0 amide bonds. The molecule has 0 aromatic rings. The molecular weight excluding hydrogens is 376 g/mol. The standard InChI is InChI=1S/C26H48O4/c1-3-5-7-9-10-11-12-13-14-16-18-20-24-22-26(28)29-23(21-25(27)30-24)19-17-15-8-6-4-2/h23-24H,3-22H2,1-2H3/t23-,24?/m1/s1. The van der Waals surface area contributed by atoms with Gasteiger partial charge < -0.3 is 9.47 Å². The molecule has 1 rings (SSSR count). The lowest BCUT2D eigenvalue weighted by molar-refractivity contribution is -0.168. The molecule has 0 aliphatic carbocycles. The first-order chi connectivity index (χ1) is 14.7. The summed E-state index contributed by atoms with van der Waals surface area (Å²) in [6.45, 7) is 4.45. The molecule has 1 aliphatic heterocycles. The predicted molar refractivity (Wildman–Crippen MR) is 123 cm³/mol. The van der Waals surface area contributed by atoms with Crippen LogP contribution in [0.3, 0.4) is 0 Å². The fourth-order valence-electron chi connectivity index (χ4n) is 4.26. The molecule has 30 heavy (non-hydrogen) atoms. The van der Waals surface area contributed by atoms with Gasteiger partial charge in [-0.2, -0.15) is 0 Å². The Morgan fingerprint density at radius 1 is 0.533 bits per heavy atom. The third-order valence-electron chi connectivity index (χ3n) is 6.14. The molecular formula is C26H48O4. The minimum atomic E-state index is -0.297. The first kappa shape index (κ1) is 27.0. The Kier molecular flexibility index (Phi) is 16.8. The number of carbonyl (C=O) groups is 2. The predicted octanol–water partition coefficient (Wildman–Crippen LogP) is 7.67. The molecule has 0 aromatic carbocycles. The summed E-state index contributed by atoms with van der Waals surface area (Å²) in [5.41, 5.74) is 0. The van der Waals surface area contributed by atoms with Crippen molar-refractivity contribution < 1.29 is 19.1 Å². The van der Waals surface area contributed by atoms with E-state index in [0.29, 0.717) is 0 Å². The first-order valence-corrected chi connectivity index (χ1v) is 13.0. The van der Waals surface area contributed by atoms with Gasteiger partial charge >= 0.3 is 11.9 Å². The van der Waals surface area contributed by atoms with E-state index >= 15 is 0 Å². The number of rotatable bonds is 18. The molecule has 4 nitrogen and oxygen atoms in total. The van der Waals surface area contributed by atoms with E-state index in [2.05, 4.69) is 13.8 Å². The Bertz CT molecular complexity index is 415. The lowest BCUT2D eigenvalue weighted by Gasteiger charge is -2.25. The van der Waals surface area contributed by atoms with Crippen molar-refractivity contribution >= 4 is 11.9 Å². The van der Waals surface area contributed by atoms with Crippen LogP contribution in [-0.4, -0.2) is 24.1 Å². The van der Waals surface area contributed by atoms with Crippen LogP contribution in [0, 0.1) is 0 Å². The smallest absolute Gasteiger partial charge is 0.309 e. The van der Waals surface area contributed by atoms with Crippen molar-refractivity contribution in [1.82, 2.24) is 0 Å². The van der Waals surface area contributed by atoms with Crippen molar-refractivity contribution in [2.24, 2.45) is 0 Å². The lowest BCUT2D eigenvalue weighted by Crippen LogP contribution is -2.32. The number of hydrogen-bond donors (Lipinski definition) is 0. The van der Waals surface area contributed by atoms with Crippen molar-refractivity contribution in [3.8, 4) is 0 Å². The zero-order valence-electron chi connectivity index (χ0n) is 19.9. The molecule has 0 N–H and O–H groups in total. The van der Waals surface area contributed by atoms with Crippen molar-refractivity contribution in [2.45, 2.75) is 154 Å². The molecule has 1 heterocycles. The van der Waals surface area contributed by atoms with Gasteiger partial charge in [0.25, 0.3) is 0 Å². The van der Waals surface area contributed by atoms with Gasteiger partial charge in [-0.15, -0.1) is 0 Å². The fraction of sp³-hybridized carbons (Fsp3) is 0.923. The quantitative estimate of drug-likeness (QED) is 0.167. The molecule has 1 unspecified atom stereocenters. The van der Waals surface area contributed by atoms with Crippen LogP contribution in [0.5, 0.6) is 0 Å². The Hall–Kier alpha value is -1.06. The van der Waals surface area contributed by atoms with Crippen LogP contribution < -0.4 is 0 Å². The second kappa shape index (κ2) is 18.7. The average molecular weight is 425 g/mol. The minimum Gasteiger partial charge on any atom is -0.462 e. The highest BCUT2D eigenvalue weighted by Gasteiger charge is 2.27. The molecule has 0 aromatic heterocycles. The van der Waals surface area contributed by atoms with E-state index in [1.807, 2.05) is 0 Å². The van der Waals surface area contributed by atoms with Crippen LogP contribution >= 0.6 is 0 Å². The van der Waals surface area contributed by atoms with E-state index < -0.39 is 0 Å².